The van der Waals surface area contributed by atoms with Crippen LogP contribution in [0.5, 0.6) is 0 Å². The highest BCUT2D eigenvalue weighted by Crippen LogP contribution is 1.98. The first-order valence-electron chi connectivity index (χ1n) is 2.11. The van der Waals surface area contributed by atoms with E-state index in [2.05, 4.69) is 11.7 Å². The fourth-order valence-corrected chi connectivity index (χ4v) is 0.448. The minimum atomic E-state index is -0.824. The molecule has 4 heteroatoms. The molecule has 0 saturated carbocycles. The van der Waals surface area contributed by atoms with E-state index in [0.717, 1.165) is 0 Å². The van der Waals surface area contributed by atoms with E-state index in [1.165, 1.54) is 12.3 Å². The zero-order chi connectivity index (χ0) is 5.98. The molecule has 0 amide bonds. The van der Waals surface area contributed by atoms with Crippen LogP contribution in [0.2, 0.25) is 0 Å². The molecule has 0 aromatic carbocycles. The van der Waals surface area contributed by atoms with Gasteiger partial charge in [-0.25, -0.2) is 0 Å². The van der Waals surface area contributed by atoms with Crippen molar-refractivity contribution in [3.63, 3.8) is 0 Å². The number of hydrogen-bond donors (Lipinski definition) is 1. The van der Waals surface area contributed by atoms with Gasteiger partial charge < -0.3 is 5.32 Å². The molecule has 1 aliphatic heterocycles. The molecule has 0 spiro atoms. The topological polar surface area (TPSA) is 55.2 Å². The molecular weight excluding hydrogens is 108 g/mol. The van der Waals surface area contributed by atoms with Crippen LogP contribution in [-0.2, 0) is 0 Å². The third-order valence-electron chi connectivity index (χ3n) is 0.802. The highest BCUT2D eigenvalue weighted by Gasteiger charge is 2.19. The van der Waals surface area contributed by atoms with Gasteiger partial charge >= 0.3 is 0 Å². The van der Waals surface area contributed by atoms with Crippen LogP contribution < -0.4 is 5.32 Å². The van der Waals surface area contributed by atoms with Gasteiger partial charge in [-0.15, -0.1) is 0 Å². The first-order valence-corrected chi connectivity index (χ1v) is 2.11. The van der Waals surface area contributed by atoms with E-state index in [4.69, 9.17) is 0 Å². The minimum absolute atomic E-state index is 0.444. The fourth-order valence-electron chi connectivity index (χ4n) is 0.448. The van der Waals surface area contributed by atoms with Gasteiger partial charge in [-0.1, -0.05) is 6.08 Å². The van der Waals surface area contributed by atoms with Gasteiger partial charge in [0.25, 0.3) is 6.17 Å². The van der Waals surface area contributed by atoms with Crippen LogP contribution in [0.1, 0.15) is 0 Å². The van der Waals surface area contributed by atoms with Crippen molar-refractivity contribution in [2.75, 3.05) is 0 Å². The summed E-state index contributed by atoms with van der Waals surface area (Å²) in [7, 11) is 0. The van der Waals surface area contributed by atoms with E-state index in [0.29, 0.717) is 0 Å². The van der Waals surface area contributed by atoms with Crippen molar-refractivity contribution in [3.8, 4) is 0 Å². The summed E-state index contributed by atoms with van der Waals surface area (Å²) in [6, 6.07) is 0. The summed E-state index contributed by atoms with van der Waals surface area (Å²) >= 11 is 0. The lowest BCUT2D eigenvalue weighted by atomic mass is 10.4. The van der Waals surface area contributed by atoms with Gasteiger partial charge in [0.1, 0.15) is 6.42 Å². The van der Waals surface area contributed by atoms with E-state index >= 15 is 0 Å². The van der Waals surface area contributed by atoms with Crippen LogP contribution in [-0.4, -0.2) is 11.1 Å². The molecule has 4 nitrogen and oxygen atoms in total. The summed E-state index contributed by atoms with van der Waals surface area (Å²) in [5, 5.41) is 12.3. The van der Waals surface area contributed by atoms with Crippen LogP contribution in [0.4, 0.5) is 0 Å². The molecule has 2 radical (unpaired) electrons. The predicted octanol–water partition coefficient (Wildman–Crippen LogP) is -0.213. The van der Waals surface area contributed by atoms with E-state index in [1.54, 1.807) is 0 Å². The van der Waals surface area contributed by atoms with Crippen molar-refractivity contribution < 1.29 is 4.92 Å². The predicted molar refractivity (Wildman–Crippen MR) is 26.3 cm³/mol. The Hall–Kier alpha value is -1.06. The second-order valence-electron chi connectivity index (χ2n) is 1.35. The molecule has 0 fully saturated rings. The number of hydrogen-bond acceptors (Lipinski definition) is 3. The van der Waals surface area contributed by atoms with E-state index < -0.39 is 11.1 Å². The van der Waals surface area contributed by atoms with Gasteiger partial charge in [0, 0.05) is 4.92 Å². The Labute approximate surface area is 46.3 Å². The molecule has 1 heterocycles. The van der Waals surface area contributed by atoms with Crippen LogP contribution in [0.15, 0.2) is 12.3 Å². The molecule has 1 aliphatic rings. The lowest BCUT2D eigenvalue weighted by Crippen LogP contribution is -2.28. The first kappa shape index (κ1) is 5.08. The second-order valence-corrected chi connectivity index (χ2v) is 1.35. The van der Waals surface area contributed by atoms with E-state index in [9.17, 15) is 10.1 Å². The average Bonchev–Trinajstić information content (AvgIpc) is 2.12. The molecule has 0 aliphatic carbocycles. The van der Waals surface area contributed by atoms with Gasteiger partial charge in [-0.2, -0.15) is 0 Å². The Morgan fingerprint density at radius 1 is 1.88 bits per heavy atom. The Bertz CT molecular complexity index is 124. The molecule has 0 bridgehead atoms. The first-order chi connectivity index (χ1) is 3.80. The monoisotopic (exact) mass is 112 g/mol. The maximum atomic E-state index is 9.84. The lowest BCUT2D eigenvalue weighted by Gasteiger charge is -1.97. The maximum Gasteiger partial charge on any atom is 0.295 e. The molecule has 0 saturated heterocycles. The lowest BCUT2D eigenvalue weighted by molar-refractivity contribution is -0.516. The van der Waals surface area contributed by atoms with Crippen LogP contribution in [0, 0.1) is 16.5 Å². The molecule has 1 unspecified atom stereocenters. The number of nitro groups is 1. The van der Waals surface area contributed by atoms with Crippen molar-refractivity contribution >= 4 is 0 Å². The van der Waals surface area contributed by atoms with Gasteiger partial charge in [-0.05, 0) is 6.20 Å². The molecule has 1 rings (SSSR count). The Morgan fingerprint density at radius 3 is 2.88 bits per heavy atom. The van der Waals surface area contributed by atoms with Crippen molar-refractivity contribution in [1.82, 2.24) is 5.32 Å². The third kappa shape index (κ3) is 0.776. The van der Waals surface area contributed by atoms with Crippen molar-refractivity contribution in [2.24, 2.45) is 0 Å². The third-order valence-corrected chi connectivity index (χ3v) is 0.802. The van der Waals surface area contributed by atoms with Crippen LogP contribution in [0.25, 0.3) is 0 Å². The van der Waals surface area contributed by atoms with E-state index in [1.807, 2.05) is 0 Å². The minimum Gasteiger partial charge on any atom is -0.330 e. The molecule has 0 aromatic rings. The largest absolute Gasteiger partial charge is 0.330 e. The Kier molecular flexibility index (Phi) is 1.15. The van der Waals surface area contributed by atoms with Crippen molar-refractivity contribution in [3.05, 3.63) is 28.8 Å². The highest BCUT2D eigenvalue weighted by molar-refractivity contribution is 5.05. The maximum absolute atomic E-state index is 9.84. The summed E-state index contributed by atoms with van der Waals surface area (Å²) in [6.07, 6.45) is 4.63. The fraction of sp³-hybridized carbons (Fsp3) is 0.250. The summed E-state index contributed by atoms with van der Waals surface area (Å²) in [6.45, 7) is 0. The van der Waals surface area contributed by atoms with E-state index in [-0.39, 0.29) is 0 Å². The molecule has 1 atom stereocenters. The molecular formula is C4H4N2O2. The van der Waals surface area contributed by atoms with Crippen molar-refractivity contribution in [2.45, 2.75) is 6.17 Å². The average molecular weight is 112 g/mol. The summed E-state index contributed by atoms with van der Waals surface area (Å²) < 4.78 is 0. The SMILES string of the molecule is O=[N+]([O-])C1[C]C=CN1. The number of rotatable bonds is 1. The number of nitrogens with zero attached hydrogens (tertiary/aromatic N) is 1. The normalized spacial score (nSPS) is 25.2. The van der Waals surface area contributed by atoms with Crippen LogP contribution in [0.3, 0.4) is 0 Å². The molecule has 42 valence electrons. The molecule has 0 aromatic heterocycles. The Morgan fingerprint density at radius 2 is 2.62 bits per heavy atom. The zero-order valence-corrected chi connectivity index (χ0v) is 4.00. The Balaban J connectivity index is 2.41. The van der Waals surface area contributed by atoms with Crippen LogP contribution >= 0.6 is 0 Å². The van der Waals surface area contributed by atoms with Gasteiger partial charge in [0.15, 0.2) is 0 Å². The quantitative estimate of drug-likeness (QED) is 0.377. The van der Waals surface area contributed by atoms with Gasteiger partial charge in [0.2, 0.25) is 0 Å². The standard InChI is InChI=1S/C4H4N2O2/c7-6(8)4-2-1-3-5-4/h1,3-5H. The van der Waals surface area contributed by atoms with Crippen molar-refractivity contribution in [1.29, 1.82) is 0 Å². The second kappa shape index (κ2) is 1.81. The highest BCUT2D eigenvalue weighted by atomic mass is 16.6. The van der Waals surface area contributed by atoms with Gasteiger partial charge in [-0.3, -0.25) is 10.1 Å². The summed E-state index contributed by atoms with van der Waals surface area (Å²) in [5.41, 5.74) is 0. The molecule has 1 N–H and O–H groups in total. The summed E-state index contributed by atoms with van der Waals surface area (Å²) in [4.78, 5) is 9.40. The smallest absolute Gasteiger partial charge is 0.295 e. The number of nitrogens with one attached hydrogen (secondary N) is 1. The summed E-state index contributed by atoms with van der Waals surface area (Å²) in [5.74, 6) is 0. The molecule has 8 heavy (non-hydrogen) atoms. The zero-order valence-electron chi connectivity index (χ0n) is 4.00. The van der Waals surface area contributed by atoms with Gasteiger partial charge in [0.05, 0.1) is 0 Å².